The number of aryl methyl sites for hydroxylation is 1. The van der Waals surface area contributed by atoms with Crippen molar-refractivity contribution in [2.75, 3.05) is 4.90 Å². The first kappa shape index (κ1) is 17.1. The number of hydrogen-bond acceptors (Lipinski definition) is 3. The fourth-order valence-electron chi connectivity index (χ4n) is 4.01. The summed E-state index contributed by atoms with van der Waals surface area (Å²) in [5, 5.41) is 4.41. The first-order valence-corrected chi connectivity index (χ1v) is 9.66. The van der Waals surface area contributed by atoms with Crippen molar-refractivity contribution in [3.8, 4) is 0 Å². The molecule has 1 aromatic heterocycles. The van der Waals surface area contributed by atoms with Crippen LogP contribution in [0.15, 0.2) is 54.9 Å². The largest absolute Gasteiger partial charge is 0.274 e. The summed E-state index contributed by atoms with van der Waals surface area (Å²) in [6, 6.07) is 14.6. The summed E-state index contributed by atoms with van der Waals surface area (Å²) in [6.07, 6.45) is 4.04. The standard InChI is InChI=1S/C22H21FN4O/c1-14-2-4-15(5-3-14)19-12-20(16-8-10-18(23)11-9-16)27-22(24-13-25-27)26(19)21(28)17-6-7-17/h2-5,8-11,13,17,19-20H,6-7,12H2,1H3/t19-,20+/m0/s1. The average Bonchev–Trinajstić information content (AvgIpc) is 3.44. The normalized spacial score (nSPS) is 21.4. The first-order chi connectivity index (χ1) is 13.6. The van der Waals surface area contributed by atoms with E-state index < -0.39 is 0 Å². The van der Waals surface area contributed by atoms with Crippen LogP contribution in [0.4, 0.5) is 10.3 Å². The lowest BCUT2D eigenvalue weighted by atomic mass is 9.91. The van der Waals surface area contributed by atoms with E-state index in [1.165, 1.54) is 24.0 Å². The molecule has 0 N–H and O–H groups in total. The van der Waals surface area contributed by atoms with Gasteiger partial charge in [0.05, 0.1) is 12.1 Å². The van der Waals surface area contributed by atoms with Gasteiger partial charge in [-0.2, -0.15) is 10.1 Å². The number of aromatic nitrogens is 3. The fourth-order valence-corrected chi connectivity index (χ4v) is 4.01. The molecule has 1 aliphatic heterocycles. The second-order valence-corrected chi connectivity index (χ2v) is 7.72. The monoisotopic (exact) mass is 376 g/mol. The van der Waals surface area contributed by atoms with Crippen LogP contribution in [0.25, 0.3) is 0 Å². The molecule has 2 atom stereocenters. The summed E-state index contributed by atoms with van der Waals surface area (Å²) in [4.78, 5) is 19.4. The number of amides is 1. The number of benzene rings is 2. The highest BCUT2D eigenvalue weighted by atomic mass is 19.1. The van der Waals surface area contributed by atoms with Crippen LogP contribution in [-0.2, 0) is 4.79 Å². The van der Waals surface area contributed by atoms with Gasteiger partial charge in [-0.25, -0.2) is 9.07 Å². The van der Waals surface area contributed by atoms with Crippen LogP contribution in [0.1, 0.15) is 48.0 Å². The predicted octanol–water partition coefficient (Wildman–Crippen LogP) is 4.20. The molecule has 1 amide bonds. The SMILES string of the molecule is Cc1ccc([C@@H]2C[C@H](c3ccc(F)cc3)n3ncnc3N2C(=O)C2CC2)cc1. The van der Waals surface area contributed by atoms with E-state index in [1.807, 2.05) is 4.90 Å². The lowest BCUT2D eigenvalue weighted by Crippen LogP contribution is -2.43. The van der Waals surface area contributed by atoms with Gasteiger partial charge in [-0.15, -0.1) is 0 Å². The predicted molar refractivity (Wildman–Crippen MR) is 103 cm³/mol. The maximum absolute atomic E-state index is 13.4. The van der Waals surface area contributed by atoms with Crippen molar-refractivity contribution in [2.24, 2.45) is 5.92 Å². The molecule has 1 aliphatic carbocycles. The van der Waals surface area contributed by atoms with E-state index in [2.05, 4.69) is 41.3 Å². The minimum atomic E-state index is -0.265. The van der Waals surface area contributed by atoms with Crippen LogP contribution in [0.5, 0.6) is 0 Å². The zero-order valence-electron chi connectivity index (χ0n) is 15.6. The van der Waals surface area contributed by atoms with E-state index in [0.29, 0.717) is 12.4 Å². The number of carbonyl (C=O) groups excluding carboxylic acids is 1. The highest BCUT2D eigenvalue weighted by molar-refractivity contribution is 5.96. The number of hydrogen-bond donors (Lipinski definition) is 0. The number of fused-ring (bicyclic) bond motifs is 1. The molecule has 0 saturated heterocycles. The lowest BCUT2D eigenvalue weighted by molar-refractivity contribution is -0.120. The van der Waals surface area contributed by atoms with Gasteiger partial charge in [0.2, 0.25) is 11.9 Å². The molecule has 0 radical (unpaired) electrons. The topological polar surface area (TPSA) is 51.0 Å². The van der Waals surface area contributed by atoms with Gasteiger partial charge >= 0.3 is 0 Å². The van der Waals surface area contributed by atoms with Crippen molar-refractivity contribution in [3.05, 3.63) is 77.4 Å². The Morgan fingerprint density at radius 2 is 1.64 bits per heavy atom. The van der Waals surface area contributed by atoms with Crippen LogP contribution in [0, 0.1) is 18.7 Å². The highest BCUT2D eigenvalue weighted by Gasteiger charge is 2.44. The van der Waals surface area contributed by atoms with E-state index in [9.17, 15) is 9.18 Å². The van der Waals surface area contributed by atoms with Gasteiger partial charge in [-0.05, 0) is 49.4 Å². The Morgan fingerprint density at radius 3 is 2.32 bits per heavy atom. The molecule has 0 unspecified atom stereocenters. The third-order valence-electron chi connectivity index (χ3n) is 5.70. The number of carbonyl (C=O) groups is 1. The van der Waals surface area contributed by atoms with Crippen LogP contribution in [0.3, 0.4) is 0 Å². The van der Waals surface area contributed by atoms with Crippen LogP contribution < -0.4 is 4.90 Å². The fraction of sp³-hybridized carbons (Fsp3) is 0.318. The molecule has 3 aromatic rings. The van der Waals surface area contributed by atoms with Gasteiger partial charge in [0.15, 0.2) is 0 Å². The summed E-state index contributed by atoms with van der Waals surface area (Å²) < 4.78 is 15.2. The number of nitrogens with zero attached hydrogens (tertiary/aromatic N) is 4. The van der Waals surface area contributed by atoms with E-state index in [1.54, 1.807) is 16.8 Å². The average molecular weight is 376 g/mol. The van der Waals surface area contributed by atoms with Crippen LogP contribution >= 0.6 is 0 Å². The molecular formula is C22H21FN4O. The number of anilines is 1. The summed E-state index contributed by atoms with van der Waals surface area (Å²) >= 11 is 0. The Kier molecular flexibility index (Phi) is 4.00. The van der Waals surface area contributed by atoms with Crippen molar-refractivity contribution in [1.82, 2.24) is 14.8 Å². The van der Waals surface area contributed by atoms with E-state index in [4.69, 9.17) is 0 Å². The second-order valence-electron chi connectivity index (χ2n) is 7.72. The molecule has 28 heavy (non-hydrogen) atoms. The maximum atomic E-state index is 13.4. The lowest BCUT2D eigenvalue weighted by Gasteiger charge is -2.39. The molecule has 2 heterocycles. The van der Waals surface area contributed by atoms with E-state index in [0.717, 1.165) is 24.0 Å². The Labute approximate surface area is 162 Å². The quantitative estimate of drug-likeness (QED) is 0.688. The van der Waals surface area contributed by atoms with Gasteiger partial charge < -0.3 is 0 Å². The third-order valence-corrected chi connectivity index (χ3v) is 5.70. The van der Waals surface area contributed by atoms with Gasteiger partial charge in [-0.3, -0.25) is 9.69 Å². The van der Waals surface area contributed by atoms with Crippen molar-refractivity contribution in [3.63, 3.8) is 0 Å². The van der Waals surface area contributed by atoms with Crippen LogP contribution in [0.2, 0.25) is 0 Å². The zero-order chi connectivity index (χ0) is 19.3. The Morgan fingerprint density at radius 1 is 1.00 bits per heavy atom. The van der Waals surface area contributed by atoms with Crippen LogP contribution in [-0.4, -0.2) is 20.7 Å². The number of halogens is 1. The molecule has 5 nitrogen and oxygen atoms in total. The molecule has 1 saturated carbocycles. The summed E-state index contributed by atoms with van der Waals surface area (Å²) in [5.41, 5.74) is 3.22. The molecule has 5 rings (SSSR count). The molecule has 6 heteroatoms. The van der Waals surface area contributed by atoms with Crippen molar-refractivity contribution >= 4 is 11.9 Å². The zero-order valence-corrected chi connectivity index (χ0v) is 15.6. The molecule has 2 aliphatic rings. The molecule has 2 aromatic carbocycles. The summed E-state index contributed by atoms with van der Waals surface area (Å²) in [6.45, 7) is 2.05. The summed E-state index contributed by atoms with van der Waals surface area (Å²) in [5.74, 6) is 0.514. The smallest absolute Gasteiger partial charge is 0.233 e. The molecular weight excluding hydrogens is 355 g/mol. The minimum Gasteiger partial charge on any atom is -0.274 e. The maximum Gasteiger partial charge on any atom is 0.233 e. The molecule has 0 bridgehead atoms. The third kappa shape index (κ3) is 2.89. The minimum absolute atomic E-state index is 0.0838. The van der Waals surface area contributed by atoms with Crippen molar-refractivity contribution in [1.29, 1.82) is 0 Å². The number of rotatable bonds is 3. The Hall–Kier alpha value is -3.02. The highest BCUT2D eigenvalue weighted by Crippen LogP contribution is 2.44. The summed E-state index contributed by atoms with van der Waals surface area (Å²) in [7, 11) is 0. The molecule has 0 spiro atoms. The first-order valence-electron chi connectivity index (χ1n) is 9.66. The van der Waals surface area contributed by atoms with Gasteiger partial charge in [0.25, 0.3) is 0 Å². The van der Waals surface area contributed by atoms with Gasteiger partial charge in [0, 0.05) is 5.92 Å². The van der Waals surface area contributed by atoms with Gasteiger partial charge in [-0.1, -0.05) is 42.0 Å². The van der Waals surface area contributed by atoms with Gasteiger partial charge in [0.1, 0.15) is 12.1 Å². The van der Waals surface area contributed by atoms with E-state index >= 15 is 0 Å². The Bertz CT molecular complexity index is 1010. The second kappa shape index (κ2) is 6.55. The van der Waals surface area contributed by atoms with Crippen molar-refractivity contribution in [2.45, 2.75) is 38.3 Å². The van der Waals surface area contributed by atoms with Crippen molar-refractivity contribution < 1.29 is 9.18 Å². The Balaban J connectivity index is 1.62. The molecule has 1 fully saturated rings. The van der Waals surface area contributed by atoms with E-state index in [-0.39, 0.29) is 29.7 Å². The molecule has 142 valence electrons.